The molecule has 0 spiro atoms. The Morgan fingerprint density at radius 3 is 3.00 bits per heavy atom. The summed E-state index contributed by atoms with van der Waals surface area (Å²) < 4.78 is 5.57. The predicted molar refractivity (Wildman–Crippen MR) is 54.7 cm³/mol. The van der Waals surface area contributed by atoms with Crippen molar-refractivity contribution in [3.8, 4) is 5.75 Å². The van der Waals surface area contributed by atoms with E-state index in [2.05, 4.69) is 13.8 Å². The highest BCUT2D eigenvalue weighted by atomic mass is 35.5. The van der Waals surface area contributed by atoms with Crippen LogP contribution in [-0.2, 0) is 0 Å². The molecule has 1 atom stereocenters. The highest BCUT2D eigenvalue weighted by Gasteiger charge is 2.20. The van der Waals surface area contributed by atoms with Crippen LogP contribution >= 0.6 is 11.6 Å². The molecule has 0 amide bonds. The van der Waals surface area contributed by atoms with Crippen molar-refractivity contribution in [2.24, 2.45) is 0 Å². The zero-order chi connectivity index (χ0) is 9.42. The fourth-order valence-electron chi connectivity index (χ4n) is 1.91. The van der Waals surface area contributed by atoms with Crippen molar-refractivity contribution in [2.45, 2.75) is 26.2 Å². The average Bonchev–Trinajstić information content (AvgIpc) is 2.12. The van der Waals surface area contributed by atoms with Gasteiger partial charge in [0.2, 0.25) is 0 Å². The number of hydrogen-bond acceptors (Lipinski definition) is 1. The summed E-state index contributed by atoms with van der Waals surface area (Å²) >= 11 is 6.06. The zero-order valence-electron chi connectivity index (χ0n) is 7.93. The molecule has 1 aliphatic rings. The van der Waals surface area contributed by atoms with Crippen molar-refractivity contribution >= 4 is 11.6 Å². The first kappa shape index (κ1) is 8.89. The van der Waals surface area contributed by atoms with Gasteiger partial charge in [0.15, 0.2) is 0 Å². The van der Waals surface area contributed by atoms with Crippen molar-refractivity contribution in [3.63, 3.8) is 0 Å². The molecule has 0 bridgehead atoms. The lowest BCUT2D eigenvalue weighted by atomic mass is 9.91. The van der Waals surface area contributed by atoms with Gasteiger partial charge in [-0.2, -0.15) is 0 Å². The van der Waals surface area contributed by atoms with Gasteiger partial charge in [0, 0.05) is 10.6 Å². The third kappa shape index (κ3) is 1.42. The highest BCUT2D eigenvalue weighted by molar-refractivity contribution is 6.31. The summed E-state index contributed by atoms with van der Waals surface area (Å²) in [6.07, 6.45) is 1.09. The third-order valence-corrected chi connectivity index (χ3v) is 3.12. The molecule has 2 heteroatoms. The van der Waals surface area contributed by atoms with Crippen LogP contribution in [0.15, 0.2) is 12.1 Å². The minimum absolute atomic E-state index is 0.572. The molecule has 0 N–H and O–H groups in total. The van der Waals surface area contributed by atoms with Gasteiger partial charge in [0.1, 0.15) is 5.75 Å². The Morgan fingerprint density at radius 2 is 2.23 bits per heavy atom. The molecule has 0 saturated carbocycles. The molecule has 13 heavy (non-hydrogen) atoms. The second kappa shape index (κ2) is 3.22. The van der Waals surface area contributed by atoms with Gasteiger partial charge >= 0.3 is 0 Å². The normalized spacial score (nSPS) is 20.7. The van der Waals surface area contributed by atoms with E-state index in [1.807, 2.05) is 12.1 Å². The molecular weight excluding hydrogens is 184 g/mol. The number of hydrogen-bond donors (Lipinski definition) is 0. The van der Waals surface area contributed by atoms with Crippen LogP contribution in [0.5, 0.6) is 5.75 Å². The molecule has 0 fully saturated rings. The highest BCUT2D eigenvalue weighted by Crippen LogP contribution is 2.38. The summed E-state index contributed by atoms with van der Waals surface area (Å²) in [6.45, 7) is 5.12. The second-order valence-electron chi connectivity index (χ2n) is 3.62. The standard InChI is InChI=1S/C11H13ClO/c1-7-5-6-13-10-4-3-9(12)8(2)11(7)10/h3-4,7H,5-6H2,1-2H3. The van der Waals surface area contributed by atoms with E-state index in [4.69, 9.17) is 16.3 Å². The molecule has 1 nitrogen and oxygen atoms in total. The third-order valence-electron chi connectivity index (χ3n) is 2.71. The Hall–Kier alpha value is -0.690. The van der Waals surface area contributed by atoms with Crippen LogP contribution < -0.4 is 4.74 Å². The molecule has 1 aromatic carbocycles. The minimum atomic E-state index is 0.572. The Kier molecular flexibility index (Phi) is 2.20. The maximum absolute atomic E-state index is 6.06. The van der Waals surface area contributed by atoms with Gasteiger partial charge in [-0.3, -0.25) is 0 Å². The van der Waals surface area contributed by atoms with Crippen LogP contribution in [0.2, 0.25) is 5.02 Å². The maximum atomic E-state index is 6.06. The van der Waals surface area contributed by atoms with E-state index in [1.165, 1.54) is 11.1 Å². The maximum Gasteiger partial charge on any atom is 0.123 e. The van der Waals surface area contributed by atoms with Crippen LogP contribution in [0.25, 0.3) is 0 Å². The molecule has 1 aliphatic heterocycles. The summed E-state index contributed by atoms with van der Waals surface area (Å²) in [4.78, 5) is 0. The van der Waals surface area contributed by atoms with Gasteiger partial charge in [0.25, 0.3) is 0 Å². The van der Waals surface area contributed by atoms with Gasteiger partial charge in [0.05, 0.1) is 6.61 Å². The van der Waals surface area contributed by atoms with Gasteiger partial charge in [-0.25, -0.2) is 0 Å². The molecule has 0 aliphatic carbocycles. The van der Waals surface area contributed by atoms with Crippen molar-refractivity contribution in [1.29, 1.82) is 0 Å². The quantitative estimate of drug-likeness (QED) is 0.617. The first-order chi connectivity index (χ1) is 6.20. The molecule has 0 radical (unpaired) electrons. The van der Waals surface area contributed by atoms with Gasteiger partial charge < -0.3 is 4.74 Å². The number of halogens is 1. The lowest BCUT2D eigenvalue weighted by molar-refractivity contribution is 0.271. The van der Waals surface area contributed by atoms with E-state index < -0.39 is 0 Å². The number of rotatable bonds is 0. The summed E-state index contributed by atoms with van der Waals surface area (Å²) in [5.74, 6) is 1.59. The van der Waals surface area contributed by atoms with E-state index in [0.717, 1.165) is 23.8 Å². The predicted octanol–water partition coefficient (Wildman–Crippen LogP) is 3.53. The molecular formula is C11H13ClO. The van der Waals surface area contributed by atoms with Crippen LogP contribution in [0.4, 0.5) is 0 Å². The smallest absolute Gasteiger partial charge is 0.123 e. The van der Waals surface area contributed by atoms with Crippen molar-refractivity contribution < 1.29 is 4.74 Å². The van der Waals surface area contributed by atoms with E-state index in [1.54, 1.807) is 0 Å². The number of ether oxygens (including phenoxy) is 1. The summed E-state index contributed by atoms with van der Waals surface area (Å²) in [7, 11) is 0. The van der Waals surface area contributed by atoms with E-state index in [0.29, 0.717) is 5.92 Å². The zero-order valence-corrected chi connectivity index (χ0v) is 8.69. The van der Waals surface area contributed by atoms with Gasteiger partial charge in [-0.05, 0) is 37.0 Å². The Labute approximate surface area is 83.7 Å². The fourth-order valence-corrected chi connectivity index (χ4v) is 2.07. The largest absolute Gasteiger partial charge is 0.493 e. The van der Waals surface area contributed by atoms with Crippen LogP contribution in [-0.4, -0.2) is 6.61 Å². The number of fused-ring (bicyclic) bond motifs is 1. The lowest BCUT2D eigenvalue weighted by Crippen LogP contribution is -2.13. The van der Waals surface area contributed by atoms with Crippen LogP contribution in [0, 0.1) is 6.92 Å². The average molecular weight is 197 g/mol. The summed E-state index contributed by atoms with van der Waals surface area (Å²) in [5, 5.41) is 0.844. The lowest BCUT2D eigenvalue weighted by Gasteiger charge is -2.25. The molecule has 1 unspecified atom stereocenters. The summed E-state index contributed by atoms with van der Waals surface area (Å²) in [5.41, 5.74) is 2.46. The monoisotopic (exact) mass is 196 g/mol. The second-order valence-corrected chi connectivity index (χ2v) is 4.03. The molecule has 1 aromatic rings. The first-order valence-corrected chi connectivity index (χ1v) is 4.99. The minimum Gasteiger partial charge on any atom is -0.493 e. The van der Waals surface area contributed by atoms with Crippen LogP contribution in [0.3, 0.4) is 0 Å². The Morgan fingerprint density at radius 1 is 1.46 bits per heavy atom. The van der Waals surface area contributed by atoms with Crippen molar-refractivity contribution in [3.05, 3.63) is 28.3 Å². The molecule has 1 heterocycles. The topological polar surface area (TPSA) is 9.23 Å². The van der Waals surface area contributed by atoms with Crippen LogP contribution in [0.1, 0.15) is 30.4 Å². The van der Waals surface area contributed by atoms with Crippen molar-refractivity contribution in [2.75, 3.05) is 6.61 Å². The first-order valence-electron chi connectivity index (χ1n) is 4.62. The number of benzene rings is 1. The molecule has 2 rings (SSSR count). The van der Waals surface area contributed by atoms with Crippen molar-refractivity contribution in [1.82, 2.24) is 0 Å². The van der Waals surface area contributed by atoms with Gasteiger partial charge in [-0.1, -0.05) is 18.5 Å². The molecule has 0 aromatic heterocycles. The SMILES string of the molecule is Cc1c(Cl)ccc2c1C(C)CCO2. The Balaban J connectivity index is 2.58. The van der Waals surface area contributed by atoms with E-state index in [9.17, 15) is 0 Å². The van der Waals surface area contributed by atoms with E-state index >= 15 is 0 Å². The fraction of sp³-hybridized carbons (Fsp3) is 0.455. The molecule has 0 saturated heterocycles. The van der Waals surface area contributed by atoms with Gasteiger partial charge in [-0.15, -0.1) is 0 Å². The summed E-state index contributed by atoms with van der Waals surface area (Å²) in [6, 6.07) is 3.88. The Bertz CT molecular complexity index is 333. The van der Waals surface area contributed by atoms with E-state index in [-0.39, 0.29) is 0 Å². The molecule has 70 valence electrons.